The van der Waals surface area contributed by atoms with E-state index in [2.05, 4.69) is 14.6 Å². The molecule has 0 aliphatic carbocycles. The molecule has 11 heteroatoms. The molecule has 2 aromatic carbocycles. The molecule has 40 heavy (non-hydrogen) atoms. The molecule has 1 N–H and O–H groups in total. The summed E-state index contributed by atoms with van der Waals surface area (Å²) in [5.74, 6) is -0.227. The molecule has 0 radical (unpaired) electrons. The summed E-state index contributed by atoms with van der Waals surface area (Å²) in [7, 11) is 0. The fraction of sp³-hybridized carbons (Fsp3) is 0.379. The Hall–Kier alpha value is -4.27. The van der Waals surface area contributed by atoms with E-state index in [1.165, 1.54) is 10.9 Å². The second-order valence-corrected chi connectivity index (χ2v) is 10.3. The van der Waals surface area contributed by atoms with Gasteiger partial charge in [-0.25, -0.2) is 14.2 Å². The van der Waals surface area contributed by atoms with Gasteiger partial charge in [-0.2, -0.15) is 5.26 Å². The number of nitriles is 1. The summed E-state index contributed by atoms with van der Waals surface area (Å²) in [6.45, 7) is 3.85. The Morgan fingerprint density at radius 3 is 2.70 bits per heavy atom. The maximum atomic E-state index is 14.1. The van der Waals surface area contributed by atoms with Gasteiger partial charge in [-0.3, -0.25) is 4.90 Å². The molecule has 0 amide bonds. The van der Waals surface area contributed by atoms with Gasteiger partial charge in [-0.15, -0.1) is 9.94 Å². The van der Waals surface area contributed by atoms with Crippen molar-refractivity contribution in [1.29, 1.82) is 5.26 Å². The number of piperidine rings is 1. The lowest BCUT2D eigenvalue weighted by atomic mass is 9.94. The van der Waals surface area contributed by atoms with E-state index < -0.39 is 11.8 Å². The van der Waals surface area contributed by atoms with E-state index in [1.54, 1.807) is 36.5 Å². The fourth-order valence-corrected chi connectivity index (χ4v) is 5.33. The zero-order valence-corrected chi connectivity index (χ0v) is 21.9. The van der Waals surface area contributed by atoms with Gasteiger partial charge in [-0.05, 0) is 68.8 Å². The third-order valence-corrected chi connectivity index (χ3v) is 7.75. The van der Waals surface area contributed by atoms with Crippen molar-refractivity contribution in [2.24, 2.45) is 0 Å². The summed E-state index contributed by atoms with van der Waals surface area (Å²) in [6, 6.07) is 13.2. The first-order chi connectivity index (χ1) is 19.5. The van der Waals surface area contributed by atoms with Crippen molar-refractivity contribution in [2.45, 2.75) is 51.0 Å². The van der Waals surface area contributed by atoms with E-state index in [0.29, 0.717) is 18.7 Å². The number of imidazole rings is 1. The second kappa shape index (κ2) is 11.1. The highest BCUT2D eigenvalue weighted by Crippen LogP contribution is 2.29. The summed E-state index contributed by atoms with van der Waals surface area (Å²) in [5, 5.41) is 22.9. The molecule has 2 fully saturated rings. The SMILES string of the molecule is N#Cc1ccc(COn2ccc(C3CCN(Cc4nc5ccc(C(=O)O)cc5n4C[C@@H]4CCO4)CC3)n2)c(F)c1. The van der Waals surface area contributed by atoms with Crippen molar-refractivity contribution in [3.8, 4) is 6.07 Å². The van der Waals surface area contributed by atoms with E-state index in [-0.39, 0.29) is 29.8 Å². The highest BCUT2D eigenvalue weighted by molar-refractivity contribution is 5.92. The van der Waals surface area contributed by atoms with Crippen molar-refractivity contribution in [3.05, 3.63) is 82.7 Å². The lowest BCUT2D eigenvalue weighted by molar-refractivity contribution is -0.0592. The van der Waals surface area contributed by atoms with Crippen LogP contribution in [0.25, 0.3) is 11.0 Å². The first kappa shape index (κ1) is 26.0. The molecular formula is C29H29FN6O4. The summed E-state index contributed by atoms with van der Waals surface area (Å²) in [6.07, 6.45) is 4.70. The van der Waals surface area contributed by atoms with Crippen LogP contribution in [0.15, 0.2) is 48.7 Å². The first-order valence-electron chi connectivity index (χ1n) is 13.4. The largest absolute Gasteiger partial charge is 0.478 e. The molecule has 2 aliphatic rings. The minimum Gasteiger partial charge on any atom is -0.478 e. The molecule has 4 heterocycles. The van der Waals surface area contributed by atoms with E-state index in [4.69, 9.17) is 19.8 Å². The third kappa shape index (κ3) is 5.41. The number of carboxylic acids is 1. The normalized spacial score (nSPS) is 17.9. The molecule has 10 nitrogen and oxygen atoms in total. The lowest BCUT2D eigenvalue weighted by Gasteiger charge is -2.32. The minimum atomic E-state index is -0.951. The molecule has 2 aromatic heterocycles. The number of ether oxygens (including phenoxy) is 1. The van der Waals surface area contributed by atoms with Gasteiger partial charge >= 0.3 is 5.97 Å². The number of carbonyl (C=O) groups is 1. The first-order valence-corrected chi connectivity index (χ1v) is 13.4. The maximum Gasteiger partial charge on any atom is 0.335 e. The molecule has 4 aromatic rings. The summed E-state index contributed by atoms with van der Waals surface area (Å²) >= 11 is 0. The van der Waals surface area contributed by atoms with E-state index >= 15 is 0 Å². The predicted molar refractivity (Wildman–Crippen MR) is 142 cm³/mol. The van der Waals surface area contributed by atoms with Gasteiger partial charge in [0, 0.05) is 18.1 Å². The molecule has 0 spiro atoms. The molecule has 6 rings (SSSR count). The molecule has 0 bridgehead atoms. The molecule has 0 saturated carbocycles. The number of likely N-dealkylation sites (tertiary alicyclic amines) is 1. The number of nitrogens with zero attached hydrogens (tertiary/aromatic N) is 6. The highest BCUT2D eigenvalue weighted by Gasteiger charge is 2.26. The molecule has 1 atom stereocenters. The highest BCUT2D eigenvalue weighted by atomic mass is 19.1. The standard InChI is InChI=1S/C29H29FN6O4/c30-24-13-19(15-31)1-2-22(24)18-40-36-11-7-25(33-36)20-5-9-34(10-6-20)17-28-32-26-4-3-21(29(37)38)14-27(26)35(28)16-23-8-12-39-23/h1-4,7,11,13-14,20,23H,5-6,8-10,12,16-18H2,(H,37,38)/t23-/m0/s1. The van der Waals surface area contributed by atoms with Crippen LogP contribution in [0.2, 0.25) is 0 Å². The number of rotatable bonds is 9. The van der Waals surface area contributed by atoms with Gasteiger partial charge in [0.1, 0.15) is 18.2 Å². The predicted octanol–water partition coefficient (Wildman–Crippen LogP) is 3.74. The van der Waals surface area contributed by atoms with Crippen LogP contribution in [0, 0.1) is 17.1 Å². The van der Waals surface area contributed by atoms with Crippen LogP contribution in [-0.4, -0.2) is 61.3 Å². The second-order valence-electron chi connectivity index (χ2n) is 10.3. The van der Waals surface area contributed by atoms with Crippen LogP contribution < -0.4 is 4.84 Å². The molecular weight excluding hydrogens is 515 g/mol. The van der Waals surface area contributed by atoms with Crippen molar-refractivity contribution in [3.63, 3.8) is 0 Å². The van der Waals surface area contributed by atoms with Crippen LogP contribution >= 0.6 is 0 Å². The van der Waals surface area contributed by atoms with E-state index in [0.717, 1.165) is 61.5 Å². The van der Waals surface area contributed by atoms with Crippen LogP contribution in [0.4, 0.5) is 4.39 Å². The summed E-state index contributed by atoms with van der Waals surface area (Å²) in [5.41, 5.74) is 3.44. The van der Waals surface area contributed by atoms with Gasteiger partial charge in [0.25, 0.3) is 0 Å². The number of halogens is 1. The average Bonchev–Trinajstić information content (AvgIpc) is 3.54. The van der Waals surface area contributed by atoms with Crippen LogP contribution in [0.1, 0.15) is 58.2 Å². The summed E-state index contributed by atoms with van der Waals surface area (Å²) in [4.78, 5) is 25.8. The number of fused-ring (bicyclic) bond motifs is 1. The zero-order valence-electron chi connectivity index (χ0n) is 21.9. The van der Waals surface area contributed by atoms with Crippen LogP contribution in [0.5, 0.6) is 0 Å². The number of aromatic carboxylic acids is 1. The summed E-state index contributed by atoms with van der Waals surface area (Å²) < 4.78 is 21.9. The van der Waals surface area contributed by atoms with Gasteiger partial charge in [0.05, 0.1) is 59.3 Å². The molecule has 2 saturated heterocycles. The average molecular weight is 545 g/mol. The van der Waals surface area contributed by atoms with Gasteiger partial charge < -0.3 is 19.2 Å². The number of hydrogen-bond acceptors (Lipinski definition) is 7. The third-order valence-electron chi connectivity index (χ3n) is 7.75. The van der Waals surface area contributed by atoms with Crippen molar-refractivity contribution < 1.29 is 23.9 Å². The number of benzene rings is 2. The van der Waals surface area contributed by atoms with Crippen molar-refractivity contribution in [1.82, 2.24) is 24.4 Å². The Morgan fingerprint density at radius 2 is 2.00 bits per heavy atom. The Balaban J connectivity index is 1.08. The quantitative estimate of drug-likeness (QED) is 0.339. The van der Waals surface area contributed by atoms with E-state index in [9.17, 15) is 14.3 Å². The van der Waals surface area contributed by atoms with Gasteiger partial charge in [0.15, 0.2) is 0 Å². The Morgan fingerprint density at radius 1 is 1.18 bits per heavy atom. The Kier molecular flexibility index (Phi) is 7.19. The van der Waals surface area contributed by atoms with E-state index in [1.807, 2.05) is 12.1 Å². The number of aromatic nitrogens is 4. The van der Waals surface area contributed by atoms with Crippen molar-refractivity contribution >= 4 is 17.0 Å². The van der Waals surface area contributed by atoms with Gasteiger partial charge in [0.2, 0.25) is 0 Å². The topological polar surface area (TPSA) is 118 Å². The minimum absolute atomic E-state index is 0.0119. The number of carboxylic acid groups (broad SMARTS) is 1. The molecule has 206 valence electrons. The van der Waals surface area contributed by atoms with Gasteiger partial charge in [-0.1, -0.05) is 6.07 Å². The van der Waals surface area contributed by atoms with Crippen LogP contribution in [0.3, 0.4) is 0 Å². The smallest absolute Gasteiger partial charge is 0.335 e. The Bertz CT molecular complexity index is 1580. The van der Waals surface area contributed by atoms with Crippen LogP contribution in [-0.2, 0) is 24.4 Å². The number of hydrogen-bond donors (Lipinski definition) is 1. The Labute approximate surface area is 230 Å². The van der Waals surface area contributed by atoms with Crippen molar-refractivity contribution in [2.75, 3.05) is 19.7 Å². The molecule has 2 aliphatic heterocycles. The zero-order chi connectivity index (χ0) is 27.6. The lowest BCUT2D eigenvalue weighted by Crippen LogP contribution is -2.35. The monoisotopic (exact) mass is 544 g/mol. The maximum absolute atomic E-state index is 14.1. The molecule has 0 unspecified atom stereocenters. The fourth-order valence-electron chi connectivity index (χ4n) is 5.33.